The van der Waals surface area contributed by atoms with Crippen molar-refractivity contribution in [3.63, 3.8) is 0 Å². The van der Waals surface area contributed by atoms with Crippen LogP contribution in [0.15, 0.2) is 61.4 Å². The van der Waals surface area contributed by atoms with Crippen molar-refractivity contribution in [2.24, 2.45) is 7.05 Å². The summed E-state index contributed by atoms with van der Waals surface area (Å²) < 4.78 is 13.2. The molecule has 0 unspecified atom stereocenters. The van der Waals surface area contributed by atoms with Crippen LogP contribution in [0.3, 0.4) is 0 Å². The van der Waals surface area contributed by atoms with E-state index in [4.69, 9.17) is 25.3 Å². The maximum absolute atomic E-state index is 12.5. The molecular formula is C33H39N9O3. The summed E-state index contributed by atoms with van der Waals surface area (Å²) in [6.07, 6.45) is 6.69. The van der Waals surface area contributed by atoms with E-state index in [1.165, 1.54) is 19.2 Å². The molecule has 2 aromatic carbocycles. The summed E-state index contributed by atoms with van der Waals surface area (Å²) in [7, 11) is 7.70. The number of para-hydroxylation sites is 1. The number of likely N-dealkylation sites (tertiary alicyclic amines) is 1. The molecule has 2 aromatic heterocycles. The molecule has 4 N–H and O–H groups in total. The van der Waals surface area contributed by atoms with Gasteiger partial charge in [-0.2, -0.15) is 0 Å². The number of carbonyl (C=O) groups is 1. The van der Waals surface area contributed by atoms with E-state index in [9.17, 15) is 4.79 Å². The molecule has 234 valence electrons. The third kappa shape index (κ3) is 6.65. The van der Waals surface area contributed by atoms with Crippen molar-refractivity contribution in [3.05, 3.63) is 67.0 Å². The van der Waals surface area contributed by atoms with Gasteiger partial charge in [0.15, 0.2) is 5.90 Å². The Balaban J connectivity index is 1.58. The summed E-state index contributed by atoms with van der Waals surface area (Å²) in [6, 6.07) is 11.9. The van der Waals surface area contributed by atoms with E-state index in [0.29, 0.717) is 34.4 Å². The minimum atomic E-state index is -0.331. The fourth-order valence-electron chi connectivity index (χ4n) is 5.66. The van der Waals surface area contributed by atoms with Gasteiger partial charge in [0.2, 0.25) is 17.8 Å². The van der Waals surface area contributed by atoms with Crippen LogP contribution in [0.4, 0.5) is 23.0 Å². The number of fused-ring (bicyclic) bond motifs is 1. The van der Waals surface area contributed by atoms with E-state index in [0.717, 1.165) is 48.1 Å². The van der Waals surface area contributed by atoms with Crippen molar-refractivity contribution in [2.45, 2.75) is 25.8 Å². The quantitative estimate of drug-likeness (QED) is 0.112. The highest BCUT2D eigenvalue weighted by Crippen LogP contribution is 2.40. The van der Waals surface area contributed by atoms with Crippen molar-refractivity contribution in [3.8, 4) is 17.0 Å². The molecule has 5 rings (SSSR count). The van der Waals surface area contributed by atoms with Crippen LogP contribution in [-0.4, -0.2) is 77.5 Å². The Bertz CT molecular complexity index is 1770. The molecule has 1 aliphatic rings. The molecule has 0 saturated carbocycles. The van der Waals surface area contributed by atoms with E-state index >= 15 is 0 Å². The van der Waals surface area contributed by atoms with Gasteiger partial charge in [-0.25, -0.2) is 9.97 Å². The number of nitrogens with one attached hydrogen (secondary N) is 4. The lowest BCUT2D eigenvalue weighted by atomic mass is 10.0. The third-order valence-electron chi connectivity index (χ3n) is 8.06. The van der Waals surface area contributed by atoms with Gasteiger partial charge in [0.1, 0.15) is 5.75 Å². The van der Waals surface area contributed by atoms with Gasteiger partial charge in [0.05, 0.1) is 35.4 Å². The Morgan fingerprint density at radius 3 is 2.58 bits per heavy atom. The van der Waals surface area contributed by atoms with E-state index in [1.54, 1.807) is 13.2 Å². The average Bonchev–Trinajstić information content (AvgIpc) is 3.37. The number of rotatable bonds is 9. The maximum Gasteiger partial charge on any atom is 0.247 e. The van der Waals surface area contributed by atoms with E-state index < -0.39 is 0 Å². The molecule has 0 aliphatic carbocycles. The van der Waals surface area contributed by atoms with Crippen LogP contribution < -0.4 is 20.3 Å². The zero-order chi connectivity index (χ0) is 32.2. The van der Waals surface area contributed by atoms with E-state index in [2.05, 4.69) is 39.0 Å². The first-order valence-corrected chi connectivity index (χ1v) is 14.7. The summed E-state index contributed by atoms with van der Waals surface area (Å²) in [6.45, 7) is 7.07. The van der Waals surface area contributed by atoms with Crippen LogP contribution in [0.1, 0.15) is 25.3 Å². The largest absolute Gasteiger partial charge is 0.494 e. The van der Waals surface area contributed by atoms with Crippen LogP contribution in [0, 0.1) is 10.8 Å². The van der Waals surface area contributed by atoms with Gasteiger partial charge < -0.3 is 34.5 Å². The molecule has 12 heteroatoms. The Hall–Kier alpha value is -5.23. The lowest BCUT2D eigenvalue weighted by molar-refractivity contribution is -0.111. The molecule has 1 amide bonds. The van der Waals surface area contributed by atoms with Crippen LogP contribution in [0.5, 0.6) is 5.75 Å². The second-order valence-electron chi connectivity index (χ2n) is 11.1. The van der Waals surface area contributed by atoms with Crippen molar-refractivity contribution < 1.29 is 14.3 Å². The number of amides is 1. The molecule has 0 bridgehead atoms. The number of aromatic nitrogens is 3. The number of ether oxygens (including phenoxy) is 2. The molecule has 45 heavy (non-hydrogen) atoms. The van der Waals surface area contributed by atoms with Gasteiger partial charge in [0.25, 0.3) is 0 Å². The predicted octanol–water partition coefficient (Wildman–Crippen LogP) is 5.38. The van der Waals surface area contributed by atoms with Crippen LogP contribution >= 0.6 is 0 Å². The van der Waals surface area contributed by atoms with Gasteiger partial charge >= 0.3 is 0 Å². The Morgan fingerprint density at radius 2 is 1.89 bits per heavy atom. The van der Waals surface area contributed by atoms with E-state index in [1.807, 2.05) is 55.2 Å². The Morgan fingerprint density at radius 1 is 1.16 bits per heavy atom. The molecule has 0 spiro atoms. The van der Waals surface area contributed by atoms with Crippen LogP contribution in [0.2, 0.25) is 0 Å². The normalized spacial score (nSPS) is 13.7. The first-order valence-electron chi connectivity index (χ1n) is 14.7. The zero-order valence-corrected chi connectivity index (χ0v) is 26.3. The zero-order valence-electron chi connectivity index (χ0n) is 26.3. The Kier molecular flexibility index (Phi) is 9.14. The second-order valence-corrected chi connectivity index (χ2v) is 11.1. The minimum Gasteiger partial charge on any atom is -0.494 e. The summed E-state index contributed by atoms with van der Waals surface area (Å²) in [5.41, 5.74) is 4.53. The van der Waals surface area contributed by atoms with Gasteiger partial charge in [-0.1, -0.05) is 24.8 Å². The summed E-state index contributed by atoms with van der Waals surface area (Å²) >= 11 is 0. The Labute approximate surface area is 262 Å². The molecular weight excluding hydrogens is 570 g/mol. The lowest BCUT2D eigenvalue weighted by Gasteiger charge is -2.37. The van der Waals surface area contributed by atoms with Crippen molar-refractivity contribution in [1.82, 2.24) is 19.4 Å². The number of piperidine rings is 1. The summed E-state index contributed by atoms with van der Waals surface area (Å²) in [5, 5.41) is 23.5. The number of nitrogens with zero attached hydrogens (tertiary/aromatic N) is 5. The standard InChI is InChI=1S/C33H39N9O3/c1-7-30(43)37-25-16-26(29(44-6)17-28(25)42(5)21-12-14-40(3)15-13-21)38-33-36-18-23(32(35)45-20(2)34)31(39-33)24-19-41(4)27-11-9-8-10-22(24)27/h7-11,16-19,21,34-35H,1,12-15H2,2-6H3,(H,37,43)(H,36,38,39). The minimum absolute atomic E-state index is 0.116. The van der Waals surface area contributed by atoms with Gasteiger partial charge in [-0.3, -0.25) is 15.6 Å². The molecule has 12 nitrogen and oxygen atoms in total. The number of hydrogen-bond donors (Lipinski definition) is 4. The highest BCUT2D eigenvalue weighted by molar-refractivity contribution is 6.06. The van der Waals surface area contributed by atoms with Crippen molar-refractivity contribution in [1.29, 1.82) is 10.8 Å². The van der Waals surface area contributed by atoms with Crippen molar-refractivity contribution >= 4 is 51.6 Å². The number of methoxy groups -OCH3 is 1. The first-order chi connectivity index (χ1) is 21.6. The molecule has 0 atom stereocenters. The predicted molar refractivity (Wildman–Crippen MR) is 179 cm³/mol. The summed E-state index contributed by atoms with van der Waals surface area (Å²) in [5.74, 6) is 0.108. The molecule has 0 radical (unpaired) electrons. The molecule has 3 heterocycles. The lowest BCUT2D eigenvalue weighted by Crippen LogP contribution is -2.42. The highest BCUT2D eigenvalue weighted by Gasteiger charge is 2.25. The SMILES string of the molecule is C=CC(=O)Nc1cc(Nc2ncc(C(=N)OC(C)=N)c(-c3cn(C)c4ccccc34)n2)c(OC)cc1N(C)C1CCN(C)CC1. The average molecular weight is 610 g/mol. The fourth-order valence-corrected chi connectivity index (χ4v) is 5.66. The highest BCUT2D eigenvalue weighted by atomic mass is 16.5. The fraction of sp³-hybridized carbons (Fsp3) is 0.303. The number of benzene rings is 2. The van der Waals surface area contributed by atoms with Gasteiger partial charge in [0, 0.05) is 62.0 Å². The number of hydrogen-bond acceptors (Lipinski definition) is 10. The molecule has 1 fully saturated rings. The third-order valence-corrected chi connectivity index (χ3v) is 8.06. The van der Waals surface area contributed by atoms with Gasteiger partial charge in [-0.15, -0.1) is 0 Å². The first kappa shape index (κ1) is 31.2. The maximum atomic E-state index is 12.5. The monoisotopic (exact) mass is 609 g/mol. The second kappa shape index (κ2) is 13.2. The molecule has 1 saturated heterocycles. The number of anilines is 4. The number of carbonyl (C=O) groups excluding carboxylic acids is 1. The van der Waals surface area contributed by atoms with Crippen LogP contribution in [0.25, 0.3) is 22.2 Å². The van der Waals surface area contributed by atoms with E-state index in [-0.39, 0.29) is 23.7 Å². The van der Waals surface area contributed by atoms with Crippen LogP contribution in [-0.2, 0) is 16.6 Å². The number of aryl methyl sites for hydroxylation is 1. The molecule has 1 aliphatic heterocycles. The molecule has 4 aromatic rings. The smallest absolute Gasteiger partial charge is 0.247 e. The summed E-state index contributed by atoms with van der Waals surface area (Å²) in [4.78, 5) is 26.4. The van der Waals surface area contributed by atoms with Crippen molar-refractivity contribution in [2.75, 3.05) is 49.8 Å². The van der Waals surface area contributed by atoms with Gasteiger partial charge in [-0.05, 0) is 51.2 Å². The topological polar surface area (TPSA) is 144 Å².